The van der Waals surface area contributed by atoms with Crippen LogP contribution in [0.3, 0.4) is 0 Å². The third-order valence-corrected chi connectivity index (χ3v) is 6.04. The van der Waals surface area contributed by atoms with E-state index in [0.29, 0.717) is 23.5 Å². The largest absolute Gasteiger partial charge is 0.495 e. The van der Waals surface area contributed by atoms with Crippen LogP contribution in [-0.4, -0.2) is 33.9 Å². The van der Waals surface area contributed by atoms with E-state index < -0.39 is 0 Å². The number of hydrogen-bond acceptors (Lipinski definition) is 4. The van der Waals surface area contributed by atoms with Gasteiger partial charge in [-0.05, 0) is 63.4 Å². The Morgan fingerprint density at radius 2 is 1.94 bits per heavy atom. The molecule has 0 bridgehead atoms. The summed E-state index contributed by atoms with van der Waals surface area (Å²) in [6.07, 6.45) is 3.74. The first-order chi connectivity index (χ1) is 14.8. The van der Waals surface area contributed by atoms with Gasteiger partial charge in [-0.3, -0.25) is 18.8 Å². The minimum atomic E-state index is -0.356. The predicted molar refractivity (Wildman–Crippen MR) is 119 cm³/mol. The molecule has 0 spiro atoms. The van der Waals surface area contributed by atoms with Gasteiger partial charge >= 0.3 is 0 Å². The Bertz CT molecular complexity index is 1190. The van der Waals surface area contributed by atoms with Crippen molar-refractivity contribution in [1.82, 2.24) is 19.7 Å². The summed E-state index contributed by atoms with van der Waals surface area (Å²) in [6.45, 7) is 7.10. The standard InChI is InChI=1S/C24H28N4O3/c1-16-9-12-27(19-7-5-6-8-20(19)31-4)23(30)21(16)22(29)25-14-24(10-11-24)15-28-18(3)13-17(2)26-28/h5-9,12-13H,10-11,14-15H2,1-4H3,(H,25,29). The number of carbonyl (C=O) groups is 1. The Balaban J connectivity index is 1.55. The van der Waals surface area contributed by atoms with Gasteiger partial charge in [0, 0.05) is 30.4 Å². The lowest BCUT2D eigenvalue weighted by molar-refractivity contribution is 0.0940. The highest BCUT2D eigenvalue weighted by atomic mass is 16.5. The van der Waals surface area contributed by atoms with Crippen LogP contribution in [0.25, 0.3) is 5.69 Å². The van der Waals surface area contributed by atoms with Crippen molar-refractivity contribution in [2.24, 2.45) is 5.41 Å². The monoisotopic (exact) mass is 420 g/mol. The minimum absolute atomic E-state index is 0.00321. The van der Waals surface area contributed by atoms with Crippen LogP contribution in [-0.2, 0) is 6.54 Å². The zero-order valence-corrected chi connectivity index (χ0v) is 18.4. The molecule has 0 unspecified atom stereocenters. The number of hydrogen-bond donors (Lipinski definition) is 1. The van der Waals surface area contributed by atoms with E-state index in [0.717, 1.165) is 30.8 Å². The fourth-order valence-corrected chi connectivity index (χ4v) is 4.00. The number of amides is 1. The van der Waals surface area contributed by atoms with Gasteiger partial charge in [0.2, 0.25) is 0 Å². The van der Waals surface area contributed by atoms with Crippen LogP contribution in [0, 0.1) is 26.2 Å². The summed E-state index contributed by atoms with van der Waals surface area (Å²) in [5, 5.41) is 7.56. The zero-order chi connectivity index (χ0) is 22.2. The van der Waals surface area contributed by atoms with E-state index in [1.54, 1.807) is 38.4 Å². The van der Waals surface area contributed by atoms with Crippen molar-refractivity contribution in [3.05, 3.63) is 75.5 Å². The Morgan fingerprint density at radius 3 is 2.58 bits per heavy atom. The Labute approximate surface area is 181 Å². The summed E-state index contributed by atoms with van der Waals surface area (Å²) in [5.74, 6) is 0.230. The molecule has 1 N–H and O–H groups in total. The van der Waals surface area contributed by atoms with Crippen molar-refractivity contribution >= 4 is 5.91 Å². The SMILES string of the molecule is COc1ccccc1-n1ccc(C)c(C(=O)NCC2(Cn3nc(C)cc3C)CC2)c1=O. The van der Waals surface area contributed by atoms with Gasteiger partial charge in [-0.1, -0.05) is 12.1 Å². The van der Waals surface area contributed by atoms with Crippen molar-refractivity contribution in [3.8, 4) is 11.4 Å². The first-order valence-corrected chi connectivity index (χ1v) is 10.5. The molecule has 4 rings (SSSR count). The zero-order valence-electron chi connectivity index (χ0n) is 18.4. The Morgan fingerprint density at radius 1 is 1.19 bits per heavy atom. The second-order valence-corrected chi connectivity index (χ2v) is 8.49. The number of ether oxygens (including phenoxy) is 1. The van der Waals surface area contributed by atoms with Gasteiger partial charge in [0.25, 0.3) is 11.5 Å². The highest BCUT2D eigenvalue weighted by Gasteiger charge is 2.43. The van der Waals surface area contributed by atoms with Crippen molar-refractivity contribution < 1.29 is 9.53 Å². The highest BCUT2D eigenvalue weighted by Crippen LogP contribution is 2.46. The Hall–Kier alpha value is -3.35. The predicted octanol–water partition coefficient (Wildman–Crippen LogP) is 3.18. The maximum Gasteiger partial charge on any atom is 0.268 e. The number of nitrogens with one attached hydrogen (secondary N) is 1. The molecule has 0 radical (unpaired) electrons. The number of aromatic nitrogens is 3. The third-order valence-electron chi connectivity index (χ3n) is 6.04. The van der Waals surface area contributed by atoms with E-state index in [9.17, 15) is 9.59 Å². The van der Waals surface area contributed by atoms with Crippen LogP contribution < -0.4 is 15.6 Å². The highest BCUT2D eigenvalue weighted by molar-refractivity contribution is 5.95. The second-order valence-electron chi connectivity index (χ2n) is 8.49. The fraction of sp³-hybridized carbons (Fsp3) is 0.375. The molecule has 0 aliphatic heterocycles. The first-order valence-electron chi connectivity index (χ1n) is 10.5. The van der Waals surface area contributed by atoms with Gasteiger partial charge < -0.3 is 10.1 Å². The maximum absolute atomic E-state index is 13.2. The molecule has 7 nitrogen and oxygen atoms in total. The summed E-state index contributed by atoms with van der Waals surface area (Å²) in [7, 11) is 1.56. The number of pyridine rings is 1. The summed E-state index contributed by atoms with van der Waals surface area (Å²) < 4.78 is 8.86. The molecular weight excluding hydrogens is 392 g/mol. The maximum atomic E-state index is 13.2. The lowest BCUT2D eigenvalue weighted by atomic mass is 10.1. The third kappa shape index (κ3) is 4.13. The summed E-state index contributed by atoms with van der Waals surface area (Å²) >= 11 is 0. The number of nitrogens with zero attached hydrogens (tertiary/aromatic N) is 3. The van der Waals surface area contributed by atoms with Gasteiger partial charge in [0.05, 0.1) is 18.5 Å². The van der Waals surface area contributed by atoms with E-state index in [1.807, 2.05) is 30.7 Å². The van der Waals surface area contributed by atoms with Gasteiger partial charge in [0.1, 0.15) is 11.3 Å². The van der Waals surface area contributed by atoms with Gasteiger partial charge in [-0.2, -0.15) is 5.10 Å². The molecular formula is C24H28N4O3. The van der Waals surface area contributed by atoms with Crippen LogP contribution in [0.4, 0.5) is 0 Å². The summed E-state index contributed by atoms with van der Waals surface area (Å²) in [6, 6.07) is 11.1. The molecule has 7 heteroatoms. The normalized spacial score (nSPS) is 14.3. The molecule has 1 aromatic carbocycles. The van der Waals surface area contributed by atoms with Gasteiger partial charge in [-0.25, -0.2) is 0 Å². The van der Waals surface area contributed by atoms with Crippen LogP contribution in [0.1, 0.15) is 40.2 Å². The van der Waals surface area contributed by atoms with E-state index in [4.69, 9.17) is 4.74 Å². The molecule has 1 amide bonds. The summed E-state index contributed by atoms with van der Waals surface area (Å²) in [4.78, 5) is 26.3. The number of benzene rings is 1. The second kappa shape index (κ2) is 8.06. The molecule has 3 aromatic rings. The fourth-order valence-electron chi connectivity index (χ4n) is 4.00. The molecule has 1 aliphatic rings. The lowest BCUT2D eigenvalue weighted by Gasteiger charge is -2.18. The van der Waals surface area contributed by atoms with Crippen LogP contribution in [0.2, 0.25) is 0 Å². The van der Waals surface area contributed by atoms with Crippen LogP contribution >= 0.6 is 0 Å². The van der Waals surface area contributed by atoms with E-state index >= 15 is 0 Å². The first kappa shape index (κ1) is 20.9. The summed E-state index contributed by atoms with van der Waals surface area (Å²) in [5.41, 5.74) is 3.18. The molecule has 2 heterocycles. The van der Waals surface area contributed by atoms with Crippen molar-refractivity contribution in [1.29, 1.82) is 0 Å². The molecule has 0 saturated heterocycles. The minimum Gasteiger partial charge on any atom is -0.495 e. The van der Waals surface area contributed by atoms with Crippen LogP contribution in [0.15, 0.2) is 47.4 Å². The lowest BCUT2D eigenvalue weighted by Crippen LogP contribution is -2.37. The average molecular weight is 421 g/mol. The quantitative estimate of drug-likeness (QED) is 0.637. The van der Waals surface area contributed by atoms with Crippen molar-refractivity contribution in [2.75, 3.05) is 13.7 Å². The van der Waals surface area contributed by atoms with Gasteiger partial charge in [0.15, 0.2) is 0 Å². The number of carbonyl (C=O) groups excluding carboxylic acids is 1. The van der Waals surface area contributed by atoms with Crippen molar-refractivity contribution in [2.45, 2.75) is 40.2 Å². The topological polar surface area (TPSA) is 78.2 Å². The molecule has 0 atom stereocenters. The Kier molecular flexibility index (Phi) is 5.43. The van der Waals surface area contributed by atoms with Gasteiger partial charge in [-0.15, -0.1) is 0 Å². The number of aryl methyl sites for hydroxylation is 3. The van der Waals surface area contributed by atoms with Crippen LogP contribution in [0.5, 0.6) is 5.75 Å². The van der Waals surface area contributed by atoms with E-state index in [-0.39, 0.29) is 22.4 Å². The molecule has 1 aliphatic carbocycles. The average Bonchev–Trinajstić information content (AvgIpc) is 3.44. The molecule has 31 heavy (non-hydrogen) atoms. The molecule has 2 aromatic heterocycles. The van der Waals surface area contributed by atoms with Crippen molar-refractivity contribution in [3.63, 3.8) is 0 Å². The molecule has 1 fully saturated rings. The smallest absolute Gasteiger partial charge is 0.268 e. The van der Waals surface area contributed by atoms with E-state index in [1.165, 1.54) is 4.57 Å². The molecule has 1 saturated carbocycles. The number of rotatable bonds is 7. The number of para-hydroxylation sites is 2. The number of methoxy groups -OCH3 is 1. The van der Waals surface area contributed by atoms with E-state index in [2.05, 4.69) is 16.5 Å². The molecule has 162 valence electrons.